The third-order valence-electron chi connectivity index (χ3n) is 4.94. The molecule has 27 heavy (non-hydrogen) atoms. The molecular weight excluding hydrogens is 360 g/mol. The van der Waals surface area contributed by atoms with Crippen LogP contribution in [-0.2, 0) is 11.3 Å². The van der Waals surface area contributed by atoms with Crippen molar-refractivity contribution >= 4 is 23.7 Å². The highest BCUT2D eigenvalue weighted by molar-refractivity contribution is 6.30. The van der Waals surface area contributed by atoms with E-state index in [-0.39, 0.29) is 5.91 Å². The highest BCUT2D eigenvalue weighted by atomic mass is 35.5. The van der Waals surface area contributed by atoms with Gasteiger partial charge in [-0.2, -0.15) is 5.10 Å². The van der Waals surface area contributed by atoms with E-state index in [1.54, 1.807) is 23.2 Å². The Bertz CT molecular complexity index is 741. The number of piperazine rings is 1. The molecule has 2 aromatic rings. The van der Waals surface area contributed by atoms with E-state index in [2.05, 4.69) is 40.9 Å². The number of carbonyl (C=O) groups excluding carboxylic acids is 1. The van der Waals surface area contributed by atoms with Gasteiger partial charge in [-0.1, -0.05) is 54.1 Å². The van der Waals surface area contributed by atoms with Crippen LogP contribution in [0.5, 0.6) is 0 Å². The zero-order valence-electron chi connectivity index (χ0n) is 15.5. The maximum absolute atomic E-state index is 12.0. The third-order valence-corrected chi connectivity index (χ3v) is 5.19. The summed E-state index contributed by atoms with van der Waals surface area (Å²) in [5, 5.41) is 4.70. The summed E-state index contributed by atoms with van der Waals surface area (Å²) in [5.74, 6) is -0.0354. The van der Waals surface area contributed by atoms with Crippen LogP contribution >= 0.6 is 11.6 Å². The second-order valence-corrected chi connectivity index (χ2v) is 7.44. The van der Waals surface area contributed by atoms with Crippen LogP contribution < -0.4 is 15.2 Å². The predicted octanol–water partition coefficient (Wildman–Crippen LogP) is 0.164. The van der Waals surface area contributed by atoms with E-state index in [0.29, 0.717) is 11.4 Å². The van der Waals surface area contributed by atoms with Crippen LogP contribution in [0.4, 0.5) is 0 Å². The first-order valence-corrected chi connectivity index (χ1v) is 9.85. The molecule has 6 heteroatoms. The SMILES string of the molecule is O=C(CC[NH+]1CC[NH+](Cc2ccccc2)CC1)N/N=C\c1ccc(Cl)cc1. The molecular formula is C21H27ClN4O+2. The molecule has 2 aromatic carbocycles. The summed E-state index contributed by atoms with van der Waals surface area (Å²) in [5.41, 5.74) is 4.91. The molecule has 142 valence electrons. The van der Waals surface area contributed by atoms with Gasteiger partial charge in [-0.25, -0.2) is 5.43 Å². The molecule has 0 unspecified atom stereocenters. The molecule has 0 aromatic heterocycles. The second-order valence-electron chi connectivity index (χ2n) is 7.01. The fraction of sp³-hybridized carbons (Fsp3) is 0.333. The van der Waals surface area contributed by atoms with Crippen molar-refractivity contribution in [2.24, 2.45) is 5.10 Å². The Kier molecular flexibility index (Phi) is 7.39. The summed E-state index contributed by atoms with van der Waals surface area (Å²) < 4.78 is 0. The molecule has 0 bridgehead atoms. The fourth-order valence-electron chi connectivity index (χ4n) is 3.34. The molecule has 0 saturated carbocycles. The molecule has 3 N–H and O–H groups in total. The number of benzene rings is 2. The van der Waals surface area contributed by atoms with Crippen LogP contribution in [0.25, 0.3) is 0 Å². The van der Waals surface area contributed by atoms with Crippen LogP contribution in [0.1, 0.15) is 17.5 Å². The Labute approximate surface area is 165 Å². The number of hydrogen-bond acceptors (Lipinski definition) is 2. The first-order valence-electron chi connectivity index (χ1n) is 9.47. The first kappa shape index (κ1) is 19.5. The fourth-order valence-corrected chi connectivity index (χ4v) is 3.47. The lowest BCUT2D eigenvalue weighted by atomic mass is 10.2. The minimum atomic E-state index is -0.0354. The summed E-state index contributed by atoms with van der Waals surface area (Å²) in [7, 11) is 0. The van der Waals surface area contributed by atoms with Gasteiger partial charge in [-0.3, -0.25) is 4.79 Å². The Hall–Kier alpha value is -2.21. The van der Waals surface area contributed by atoms with Gasteiger partial charge in [0.05, 0.1) is 19.2 Å². The molecule has 0 atom stereocenters. The quantitative estimate of drug-likeness (QED) is 0.461. The van der Waals surface area contributed by atoms with E-state index in [4.69, 9.17) is 11.6 Å². The van der Waals surface area contributed by atoms with Gasteiger partial charge in [-0.15, -0.1) is 0 Å². The standard InChI is InChI=1S/C21H25ClN4O/c22-20-8-6-18(7-9-20)16-23-24-21(27)10-11-25-12-14-26(15-13-25)17-19-4-2-1-3-5-19/h1-9,16H,10-15,17H2,(H,24,27)/p+2/b23-16-. The zero-order valence-corrected chi connectivity index (χ0v) is 16.2. The van der Waals surface area contributed by atoms with E-state index in [1.165, 1.54) is 10.5 Å². The molecule has 5 nitrogen and oxygen atoms in total. The van der Waals surface area contributed by atoms with Crippen molar-refractivity contribution in [1.82, 2.24) is 5.43 Å². The average Bonchev–Trinajstić information content (AvgIpc) is 2.70. The number of quaternary nitrogens is 2. The number of rotatable bonds is 7. The molecule has 0 aliphatic carbocycles. The maximum Gasteiger partial charge on any atom is 0.245 e. The zero-order chi connectivity index (χ0) is 18.9. The Morgan fingerprint density at radius 2 is 1.67 bits per heavy atom. The van der Waals surface area contributed by atoms with Crippen LogP contribution in [-0.4, -0.2) is 44.8 Å². The summed E-state index contributed by atoms with van der Waals surface area (Å²) in [6.45, 7) is 6.49. The van der Waals surface area contributed by atoms with Crippen molar-refractivity contribution in [2.45, 2.75) is 13.0 Å². The van der Waals surface area contributed by atoms with Crippen LogP contribution in [0, 0.1) is 0 Å². The van der Waals surface area contributed by atoms with E-state index in [1.807, 2.05) is 12.1 Å². The van der Waals surface area contributed by atoms with Crippen LogP contribution in [0.2, 0.25) is 5.02 Å². The summed E-state index contributed by atoms with van der Waals surface area (Å²) in [6.07, 6.45) is 2.13. The van der Waals surface area contributed by atoms with Crippen molar-refractivity contribution < 1.29 is 14.6 Å². The van der Waals surface area contributed by atoms with Gasteiger partial charge in [0.25, 0.3) is 0 Å². The van der Waals surface area contributed by atoms with Gasteiger partial charge in [0.2, 0.25) is 5.91 Å². The summed E-state index contributed by atoms with van der Waals surface area (Å²) >= 11 is 5.84. The van der Waals surface area contributed by atoms with Crippen molar-refractivity contribution in [3.05, 3.63) is 70.7 Å². The monoisotopic (exact) mass is 386 g/mol. The molecule has 3 rings (SSSR count). The predicted molar refractivity (Wildman–Crippen MR) is 108 cm³/mol. The van der Waals surface area contributed by atoms with E-state index in [9.17, 15) is 4.79 Å². The molecule has 1 fully saturated rings. The third kappa shape index (κ3) is 6.79. The Morgan fingerprint density at radius 3 is 2.37 bits per heavy atom. The Morgan fingerprint density at radius 1 is 1.00 bits per heavy atom. The minimum Gasteiger partial charge on any atom is -0.325 e. The largest absolute Gasteiger partial charge is 0.325 e. The number of nitrogens with one attached hydrogen (secondary N) is 3. The van der Waals surface area contributed by atoms with Crippen LogP contribution in [0.15, 0.2) is 59.7 Å². The first-order chi connectivity index (χ1) is 13.2. The lowest BCUT2D eigenvalue weighted by Crippen LogP contribution is -3.27. The highest BCUT2D eigenvalue weighted by Crippen LogP contribution is 2.07. The number of nitrogens with zero attached hydrogens (tertiary/aromatic N) is 1. The van der Waals surface area contributed by atoms with E-state index >= 15 is 0 Å². The lowest BCUT2D eigenvalue weighted by molar-refractivity contribution is -1.02. The van der Waals surface area contributed by atoms with E-state index in [0.717, 1.165) is 44.8 Å². The molecule has 1 aliphatic rings. The highest BCUT2D eigenvalue weighted by Gasteiger charge is 2.23. The van der Waals surface area contributed by atoms with Gasteiger partial charge in [0, 0.05) is 10.6 Å². The smallest absolute Gasteiger partial charge is 0.245 e. The van der Waals surface area contributed by atoms with Gasteiger partial charge in [0.15, 0.2) is 0 Å². The van der Waals surface area contributed by atoms with Gasteiger partial charge < -0.3 is 9.80 Å². The van der Waals surface area contributed by atoms with Crippen molar-refractivity contribution in [1.29, 1.82) is 0 Å². The molecule has 1 saturated heterocycles. The number of halogens is 1. The van der Waals surface area contributed by atoms with Gasteiger partial charge in [-0.05, 0) is 17.7 Å². The molecule has 1 aliphatic heterocycles. The van der Waals surface area contributed by atoms with Crippen LogP contribution in [0.3, 0.4) is 0 Å². The lowest BCUT2D eigenvalue weighted by Gasteiger charge is -2.29. The molecule has 0 radical (unpaired) electrons. The summed E-state index contributed by atoms with van der Waals surface area (Å²) in [6, 6.07) is 18.0. The normalized spacial score (nSPS) is 19.9. The summed E-state index contributed by atoms with van der Waals surface area (Å²) in [4.78, 5) is 15.1. The number of carbonyl (C=O) groups is 1. The van der Waals surface area contributed by atoms with Crippen molar-refractivity contribution in [3.63, 3.8) is 0 Å². The number of amides is 1. The molecule has 0 spiro atoms. The minimum absolute atomic E-state index is 0.0354. The number of hydrazone groups is 1. The molecule has 1 amide bonds. The molecule has 1 heterocycles. The van der Waals surface area contributed by atoms with Gasteiger partial charge >= 0.3 is 0 Å². The van der Waals surface area contributed by atoms with E-state index < -0.39 is 0 Å². The topological polar surface area (TPSA) is 50.3 Å². The average molecular weight is 387 g/mol. The van der Waals surface area contributed by atoms with Crippen molar-refractivity contribution in [2.75, 3.05) is 32.7 Å². The Balaban J connectivity index is 1.32. The van der Waals surface area contributed by atoms with Crippen molar-refractivity contribution in [3.8, 4) is 0 Å². The number of hydrogen-bond donors (Lipinski definition) is 3. The maximum atomic E-state index is 12.0. The second kappa shape index (κ2) is 10.2. The van der Waals surface area contributed by atoms with Gasteiger partial charge in [0.1, 0.15) is 32.7 Å².